The molecule has 1 atom stereocenters. The van der Waals surface area contributed by atoms with Crippen molar-refractivity contribution in [2.75, 3.05) is 19.7 Å². The van der Waals surface area contributed by atoms with E-state index in [1.165, 1.54) is 16.7 Å². The number of aliphatic hydroxyl groups is 1. The molecule has 0 aliphatic carbocycles. The van der Waals surface area contributed by atoms with E-state index in [0.717, 1.165) is 25.1 Å². The highest BCUT2D eigenvalue weighted by molar-refractivity contribution is 5.33. The van der Waals surface area contributed by atoms with Crippen molar-refractivity contribution in [3.63, 3.8) is 0 Å². The lowest BCUT2D eigenvalue weighted by atomic mass is 9.88. The van der Waals surface area contributed by atoms with Gasteiger partial charge in [-0.15, -0.1) is 0 Å². The normalized spacial score (nSPS) is 12.1. The summed E-state index contributed by atoms with van der Waals surface area (Å²) >= 11 is 0. The monoisotopic (exact) mass is 389 g/mol. The van der Waals surface area contributed by atoms with Gasteiger partial charge >= 0.3 is 0 Å². The second-order valence-electron chi connectivity index (χ2n) is 7.29. The average Bonchev–Trinajstić information content (AvgIpc) is 2.79. The maximum absolute atomic E-state index is 10.3. The summed E-state index contributed by atoms with van der Waals surface area (Å²) in [6.45, 7) is 3.75. The van der Waals surface area contributed by atoms with Gasteiger partial charge in [-0.1, -0.05) is 85.8 Å². The van der Waals surface area contributed by atoms with E-state index < -0.39 is 6.10 Å². The Hall–Kier alpha value is -2.62. The van der Waals surface area contributed by atoms with E-state index in [0.29, 0.717) is 19.1 Å². The van der Waals surface area contributed by atoms with Crippen molar-refractivity contribution in [2.24, 2.45) is 0 Å². The summed E-state index contributed by atoms with van der Waals surface area (Å²) in [7, 11) is 0. The summed E-state index contributed by atoms with van der Waals surface area (Å²) in [4.78, 5) is 0. The molecule has 3 aromatic carbocycles. The number of aryl methyl sites for hydroxylation is 1. The first-order valence-corrected chi connectivity index (χ1v) is 10.5. The molecule has 0 fully saturated rings. The number of ether oxygens (including phenoxy) is 1. The average molecular weight is 390 g/mol. The molecule has 2 N–H and O–H groups in total. The first-order chi connectivity index (χ1) is 14.3. The maximum atomic E-state index is 10.3. The van der Waals surface area contributed by atoms with Gasteiger partial charge in [0, 0.05) is 12.5 Å². The van der Waals surface area contributed by atoms with Crippen LogP contribution in [0.4, 0.5) is 0 Å². The summed E-state index contributed by atoms with van der Waals surface area (Å²) in [5.74, 6) is 1.21. The molecule has 0 unspecified atom stereocenters. The minimum Gasteiger partial charge on any atom is -0.491 e. The summed E-state index contributed by atoms with van der Waals surface area (Å²) in [6.07, 6.45) is 1.36. The van der Waals surface area contributed by atoms with Crippen molar-refractivity contribution in [1.29, 1.82) is 0 Å². The van der Waals surface area contributed by atoms with Crippen LogP contribution in [0.15, 0.2) is 84.9 Å². The molecule has 3 rings (SSSR count). The molecule has 0 saturated carbocycles. The molecule has 0 radical (unpaired) electrons. The van der Waals surface area contributed by atoms with Crippen molar-refractivity contribution >= 4 is 0 Å². The molecule has 0 aliphatic heterocycles. The van der Waals surface area contributed by atoms with Crippen LogP contribution in [0.25, 0.3) is 0 Å². The van der Waals surface area contributed by atoms with Crippen LogP contribution < -0.4 is 10.1 Å². The lowest BCUT2D eigenvalue weighted by Gasteiger charge is -2.19. The quantitative estimate of drug-likeness (QED) is 0.463. The van der Waals surface area contributed by atoms with E-state index in [4.69, 9.17) is 4.74 Å². The minimum atomic E-state index is -0.535. The van der Waals surface area contributed by atoms with Crippen molar-refractivity contribution in [1.82, 2.24) is 5.32 Å². The maximum Gasteiger partial charge on any atom is 0.122 e. The van der Waals surface area contributed by atoms with E-state index in [9.17, 15) is 5.11 Å². The van der Waals surface area contributed by atoms with Crippen LogP contribution in [0.2, 0.25) is 0 Å². The highest BCUT2D eigenvalue weighted by atomic mass is 16.5. The van der Waals surface area contributed by atoms with Crippen LogP contribution in [0, 0.1) is 0 Å². The Morgan fingerprint density at radius 1 is 0.828 bits per heavy atom. The molecule has 3 nitrogen and oxygen atoms in total. The lowest BCUT2D eigenvalue weighted by molar-refractivity contribution is 0.106. The van der Waals surface area contributed by atoms with Gasteiger partial charge in [0.25, 0.3) is 0 Å². The smallest absolute Gasteiger partial charge is 0.122 e. The SMILES string of the molecule is CCc1ccccc1OC[C@@H](O)CNCCC(c1ccccc1)c1ccccc1. The zero-order chi connectivity index (χ0) is 20.3. The number of aliphatic hydroxyl groups excluding tert-OH is 1. The van der Waals surface area contributed by atoms with Crippen LogP contribution in [0.1, 0.15) is 36.0 Å². The van der Waals surface area contributed by atoms with Crippen molar-refractivity contribution in [2.45, 2.75) is 31.8 Å². The number of rotatable bonds is 11. The molecule has 0 aromatic heterocycles. The first-order valence-electron chi connectivity index (χ1n) is 10.5. The van der Waals surface area contributed by atoms with E-state index in [-0.39, 0.29) is 0 Å². The second kappa shape index (κ2) is 11.4. The van der Waals surface area contributed by atoms with E-state index in [1.807, 2.05) is 18.2 Å². The van der Waals surface area contributed by atoms with Gasteiger partial charge in [-0.25, -0.2) is 0 Å². The zero-order valence-corrected chi connectivity index (χ0v) is 17.1. The van der Waals surface area contributed by atoms with Crippen molar-refractivity contribution in [3.05, 3.63) is 102 Å². The van der Waals surface area contributed by atoms with Crippen molar-refractivity contribution < 1.29 is 9.84 Å². The molecule has 152 valence electrons. The third kappa shape index (κ3) is 6.45. The highest BCUT2D eigenvalue weighted by Gasteiger charge is 2.14. The van der Waals surface area contributed by atoms with E-state index in [2.05, 4.69) is 79.0 Å². The predicted molar refractivity (Wildman–Crippen MR) is 120 cm³/mol. The Balaban J connectivity index is 1.47. The summed E-state index contributed by atoms with van der Waals surface area (Å²) in [5, 5.41) is 13.7. The Bertz CT molecular complexity index is 796. The van der Waals surface area contributed by atoms with Gasteiger partial charge in [0.05, 0.1) is 0 Å². The third-order valence-electron chi connectivity index (χ3n) is 5.18. The minimum absolute atomic E-state index is 0.296. The number of nitrogens with one attached hydrogen (secondary N) is 1. The number of hydrogen-bond donors (Lipinski definition) is 2. The third-order valence-corrected chi connectivity index (χ3v) is 5.18. The van der Waals surface area contributed by atoms with Crippen molar-refractivity contribution in [3.8, 4) is 5.75 Å². The molecule has 29 heavy (non-hydrogen) atoms. The second-order valence-corrected chi connectivity index (χ2v) is 7.29. The largest absolute Gasteiger partial charge is 0.491 e. The fourth-order valence-electron chi connectivity index (χ4n) is 3.59. The highest BCUT2D eigenvalue weighted by Crippen LogP contribution is 2.27. The molecule has 0 heterocycles. The summed E-state index contributed by atoms with van der Waals surface area (Å²) < 4.78 is 5.82. The molecule has 0 amide bonds. The standard InChI is InChI=1S/C26H31NO2/c1-2-21-11-9-10-16-26(21)29-20-24(28)19-27-18-17-25(22-12-5-3-6-13-22)23-14-7-4-8-15-23/h3-16,24-25,27-28H,2,17-20H2,1H3/t24-/m0/s1. The van der Waals surface area contributed by atoms with E-state index >= 15 is 0 Å². The molecule has 0 saturated heterocycles. The molecular formula is C26H31NO2. The number of para-hydroxylation sites is 1. The van der Waals surface area contributed by atoms with Crippen LogP contribution in [0.3, 0.4) is 0 Å². The van der Waals surface area contributed by atoms with Gasteiger partial charge in [0.15, 0.2) is 0 Å². The zero-order valence-electron chi connectivity index (χ0n) is 17.1. The summed E-state index contributed by atoms with van der Waals surface area (Å²) in [6, 6.07) is 29.2. The Kier molecular flexibility index (Phi) is 8.29. The Morgan fingerprint density at radius 3 is 2.03 bits per heavy atom. The molecule has 0 aliphatic rings. The van der Waals surface area contributed by atoms with Gasteiger partial charge in [0.1, 0.15) is 18.5 Å². The van der Waals surface area contributed by atoms with Gasteiger partial charge in [0.2, 0.25) is 0 Å². The molecule has 0 spiro atoms. The predicted octanol–water partition coefficient (Wildman–Crippen LogP) is 4.80. The molecule has 3 aromatic rings. The Labute approximate surface area is 174 Å². The number of hydrogen-bond acceptors (Lipinski definition) is 3. The molecule has 0 bridgehead atoms. The fourth-order valence-corrected chi connectivity index (χ4v) is 3.59. The van der Waals surface area contributed by atoms with Crippen LogP contribution in [-0.4, -0.2) is 30.9 Å². The van der Waals surface area contributed by atoms with Gasteiger partial charge in [-0.05, 0) is 42.1 Å². The topological polar surface area (TPSA) is 41.5 Å². The van der Waals surface area contributed by atoms with Gasteiger partial charge < -0.3 is 15.2 Å². The fraction of sp³-hybridized carbons (Fsp3) is 0.308. The van der Waals surface area contributed by atoms with Crippen LogP contribution in [0.5, 0.6) is 5.75 Å². The van der Waals surface area contributed by atoms with Gasteiger partial charge in [-0.3, -0.25) is 0 Å². The van der Waals surface area contributed by atoms with Crippen LogP contribution >= 0.6 is 0 Å². The van der Waals surface area contributed by atoms with E-state index in [1.54, 1.807) is 0 Å². The Morgan fingerprint density at radius 2 is 1.41 bits per heavy atom. The lowest BCUT2D eigenvalue weighted by Crippen LogP contribution is -2.32. The summed E-state index contributed by atoms with van der Waals surface area (Å²) in [5.41, 5.74) is 3.81. The van der Waals surface area contributed by atoms with Gasteiger partial charge in [-0.2, -0.15) is 0 Å². The number of benzene rings is 3. The molecular weight excluding hydrogens is 358 g/mol. The van der Waals surface area contributed by atoms with Crippen LogP contribution in [-0.2, 0) is 6.42 Å². The first kappa shape index (κ1) is 21.1. The molecule has 3 heteroatoms.